The van der Waals surface area contributed by atoms with Crippen molar-refractivity contribution in [3.63, 3.8) is 0 Å². The van der Waals surface area contributed by atoms with Crippen LogP contribution in [0.5, 0.6) is 23.1 Å². The van der Waals surface area contributed by atoms with Gasteiger partial charge in [-0.05, 0) is 60.5 Å². The van der Waals surface area contributed by atoms with E-state index in [9.17, 15) is 9.18 Å². The van der Waals surface area contributed by atoms with Crippen molar-refractivity contribution in [2.24, 2.45) is 0 Å². The van der Waals surface area contributed by atoms with E-state index in [4.69, 9.17) is 49.6 Å². The lowest BCUT2D eigenvalue weighted by Gasteiger charge is -2.15. The molecule has 1 aliphatic heterocycles. The minimum absolute atomic E-state index is 0.156. The minimum Gasteiger partial charge on any atom is -0.495 e. The zero-order valence-corrected chi connectivity index (χ0v) is 21.4. The van der Waals surface area contributed by atoms with Crippen LogP contribution >= 0.6 is 47.2 Å². The molecule has 0 radical (unpaired) electrons. The van der Waals surface area contributed by atoms with Gasteiger partial charge in [0.15, 0.2) is 15.8 Å². The Kier molecular flexibility index (Phi) is 7.75. The van der Waals surface area contributed by atoms with Crippen molar-refractivity contribution in [1.82, 2.24) is 9.97 Å². The Bertz CT molecular complexity index is 1360. The molecule has 12 heteroatoms. The molecule has 2 heterocycles. The van der Waals surface area contributed by atoms with Gasteiger partial charge in [-0.1, -0.05) is 41.6 Å². The average Bonchev–Trinajstić information content (AvgIpc) is 3.10. The number of aromatic nitrogens is 2. The summed E-state index contributed by atoms with van der Waals surface area (Å²) in [5.74, 6) is -0.365. The first-order valence-corrected chi connectivity index (χ1v) is 12.0. The third kappa shape index (κ3) is 5.51. The molecule has 35 heavy (non-hydrogen) atoms. The largest absolute Gasteiger partial charge is 0.495 e. The van der Waals surface area contributed by atoms with Gasteiger partial charge in [-0.3, -0.25) is 9.69 Å². The van der Waals surface area contributed by atoms with Gasteiger partial charge in [-0.15, -0.1) is 0 Å². The number of thiocarbonyl (C=S) groups is 1. The third-order valence-corrected chi connectivity index (χ3v) is 6.42. The molecule has 1 fully saturated rings. The highest BCUT2D eigenvalue weighted by molar-refractivity contribution is 8.27. The van der Waals surface area contributed by atoms with Crippen LogP contribution in [0.4, 0.5) is 10.1 Å². The van der Waals surface area contributed by atoms with E-state index in [-0.39, 0.29) is 22.8 Å². The Morgan fingerprint density at radius 3 is 2.66 bits per heavy atom. The number of carbonyl (C=O) groups is 1. The first-order valence-electron chi connectivity index (χ1n) is 10.0. The van der Waals surface area contributed by atoms with Crippen molar-refractivity contribution < 1.29 is 23.4 Å². The topological polar surface area (TPSA) is 73.8 Å². The molecule has 0 aliphatic carbocycles. The van der Waals surface area contributed by atoms with E-state index in [1.54, 1.807) is 49.4 Å². The molecule has 1 aromatic heterocycles. The Labute approximate surface area is 219 Å². The standard InChI is InChI=1S/C23H16Cl2FN3O4S2/c1-3-32-18-8-12(4-6-17(18)33-20-15(26)11-27-22(25)28-20)9-19-21(30)29(23(34)35-19)13-5-7-16(31-2)14(24)10-13/h4-11H,3H2,1-2H3/b19-9+. The van der Waals surface area contributed by atoms with Gasteiger partial charge < -0.3 is 14.2 Å². The van der Waals surface area contributed by atoms with E-state index in [0.717, 1.165) is 18.0 Å². The summed E-state index contributed by atoms with van der Waals surface area (Å²) in [5, 5.41) is 0.206. The number of carbonyl (C=O) groups excluding carboxylic acids is 1. The number of nitrogens with zero attached hydrogens (tertiary/aromatic N) is 3. The summed E-state index contributed by atoms with van der Waals surface area (Å²) in [6.07, 6.45) is 2.59. The molecule has 0 saturated carbocycles. The van der Waals surface area contributed by atoms with Crippen molar-refractivity contribution >= 4 is 69.2 Å². The molecule has 1 aliphatic rings. The number of rotatable bonds is 7. The van der Waals surface area contributed by atoms with Gasteiger partial charge in [0.2, 0.25) is 11.1 Å². The van der Waals surface area contributed by atoms with Gasteiger partial charge in [0.25, 0.3) is 11.8 Å². The molecule has 0 N–H and O–H groups in total. The van der Waals surface area contributed by atoms with E-state index in [0.29, 0.717) is 43.6 Å². The molecule has 7 nitrogen and oxygen atoms in total. The Morgan fingerprint density at radius 1 is 1.17 bits per heavy atom. The predicted molar refractivity (Wildman–Crippen MR) is 138 cm³/mol. The number of anilines is 1. The van der Waals surface area contributed by atoms with Gasteiger partial charge in [-0.25, -0.2) is 4.98 Å². The molecule has 0 bridgehead atoms. The van der Waals surface area contributed by atoms with Crippen LogP contribution in [0, 0.1) is 5.82 Å². The highest BCUT2D eigenvalue weighted by Gasteiger charge is 2.33. The van der Waals surface area contributed by atoms with Gasteiger partial charge in [-0.2, -0.15) is 9.37 Å². The van der Waals surface area contributed by atoms with Gasteiger partial charge >= 0.3 is 0 Å². The molecule has 1 amide bonds. The van der Waals surface area contributed by atoms with Crippen LogP contribution in [0.2, 0.25) is 10.3 Å². The van der Waals surface area contributed by atoms with E-state index >= 15 is 0 Å². The maximum Gasteiger partial charge on any atom is 0.270 e. The normalized spacial score (nSPS) is 14.5. The number of hydrogen-bond acceptors (Lipinski definition) is 8. The Hall–Kier alpha value is -2.92. The molecule has 4 rings (SSSR count). The third-order valence-electron chi connectivity index (χ3n) is 4.64. The molecule has 0 atom stereocenters. The van der Waals surface area contributed by atoms with Crippen molar-refractivity contribution in [3.05, 3.63) is 69.2 Å². The zero-order valence-electron chi connectivity index (χ0n) is 18.3. The van der Waals surface area contributed by atoms with E-state index in [1.165, 1.54) is 12.0 Å². The smallest absolute Gasteiger partial charge is 0.270 e. The summed E-state index contributed by atoms with van der Waals surface area (Å²) >= 11 is 18.5. The molecule has 2 aromatic carbocycles. The van der Waals surface area contributed by atoms with Crippen molar-refractivity contribution in [2.75, 3.05) is 18.6 Å². The summed E-state index contributed by atoms with van der Waals surface area (Å²) in [4.78, 5) is 22.3. The molecular weight excluding hydrogens is 536 g/mol. The quantitative estimate of drug-likeness (QED) is 0.186. The van der Waals surface area contributed by atoms with Crippen molar-refractivity contribution in [2.45, 2.75) is 6.92 Å². The van der Waals surface area contributed by atoms with Crippen molar-refractivity contribution in [1.29, 1.82) is 0 Å². The second-order valence-corrected chi connectivity index (χ2v) is 9.29. The SMILES string of the molecule is CCOc1cc(/C=C2/SC(=S)N(c3ccc(OC)c(Cl)c3)C2=O)ccc1Oc1nc(Cl)ncc1F. The van der Waals surface area contributed by atoms with Gasteiger partial charge in [0, 0.05) is 0 Å². The number of amides is 1. The van der Waals surface area contributed by atoms with Crippen LogP contribution in [-0.4, -0.2) is 33.9 Å². The second-order valence-electron chi connectivity index (χ2n) is 6.87. The minimum atomic E-state index is -0.775. The lowest BCUT2D eigenvalue weighted by atomic mass is 10.1. The molecular formula is C23H16Cl2FN3O4S2. The predicted octanol–water partition coefficient (Wildman–Crippen LogP) is 6.53. The first kappa shape index (κ1) is 25.2. The maximum absolute atomic E-state index is 14.0. The Balaban J connectivity index is 1.62. The van der Waals surface area contributed by atoms with Crippen LogP contribution in [0.15, 0.2) is 47.5 Å². The molecule has 3 aromatic rings. The lowest BCUT2D eigenvalue weighted by molar-refractivity contribution is -0.113. The highest BCUT2D eigenvalue weighted by atomic mass is 35.5. The number of methoxy groups -OCH3 is 1. The van der Waals surface area contributed by atoms with Crippen LogP contribution in [-0.2, 0) is 4.79 Å². The summed E-state index contributed by atoms with van der Waals surface area (Å²) in [7, 11) is 1.51. The first-order chi connectivity index (χ1) is 16.8. The van der Waals surface area contributed by atoms with Gasteiger partial charge in [0.05, 0.1) is 35.5 Å². The van der Waals surface area contributed by atoms with Crippen molar-refractivity contribution in [3.8, 4) is 23.1 Å². The fourth-order valence-corrected chi connectivity index (χ4v) is 4.79. The summed E-state index contributed by atoms with van der Waals surface area (Å²) < 4.78 is 30.8. The molecule has 0 spiro atoms. The fraction of sp³-hybridized carbons (Fsp3) is 0.130. The summed E-state index contributed by atoms with van der Waals surface area (Å²) in [6.45, 7) is 2.12. The second kappa shape index (κ2) is 10.8. The number of thioether (sulfide) groups is 1. The maximum atomic E-state index is 14.0. The van der Waals surface area contributed by atoms with E-state index < -0.39 is 5.82 Å². The van der Waals surface area contributed by atoms with Crippen LogP contribution < -0.4 is 19.1 Å². The van der Waals surface area contributed by atoms with E-state index in [1.807, 2.05) is 0 Å². The monoisotopic (exact) mass is 551 g/mol. The van der Waals surface area contributed by atoms with Gasteiger partial charge in [0.1, 0.15) is 5.75 Å². The van der Waals surface area contributed by atoms with Crippen LogP contribution in [0.25, 0.3) is 6.08 Å². The van der Waals surface area contributed by atoms with E-state index in [2.05, 4.69) is 9.97 Å². The number of ether oxygens (including phenoxy) is 3. The van der Waals surface area contributed by atoms with Crippen LogP contribution in [0.1, 0.15) is 12.5 Å². The zero-order chi connectivity index (χ0) is 25.1. The number of hydrogen-bond donors (Lipinski definition) is 0. The lowest BCUT2D eigenvalue weighted by Crippen LogP contribution is -2.27. The number of benzene rings is 2. The summed E-state index contributed by atoms with van der Waals surface area (Å²) in [5.41, 5.74) is 1.18. The average molecular weight is 552 g/mol. The number of halogens is 3. The highest BCUT2D eigenvalue weighted by Crippen LogP contribution is 2.40. The summed E-state index contributed by atoms with van der Waals surface area (Å²) in [6, 6.07) is 9.92. The molecule has 180 valence electrons. The fourth-order valence-electron chi connectivity index (χ4n) is 3.11. The molecule has 0 unspecified atom stereocenters. The molecule has 1 saturated heterocycles. The van der Waals surface area contributed by atoms with Crippen LogP contribution in [0.3, 0.4) is 0 Å². The Morgan fingerprint density at radius 2 is 1.94 bits per heavy atom.